The van der Waals surface area contributed by atoms with Crippen LogP contribution in [0.3, 0.4) is 0 Å². The topological polar surface area (TPSA) is 122 Å². The number of hydrogen-bond acceptors (Lipinski definition) is 6. The van der Waals surface area contributed by atoms with Crippen LogP contribution in [-0.4, -0.2) is 50.2 Å². The third-order valence-electron chi connectivity index (χ3n) is 4.32. The predicted molar refractivity (Wildman–Crippen MR) is 111 cm³/mol. The van der Waals surface area contributed by atoms with E-state index in [0.29, 0.717) is 50.3 Å². The summed E-state index contributed by atoms with van der Waals surface area (Å²) in [6, 6.07) is 15.7. The molecule has 9 nitrogen and oxygen atoms in total. The van der Waals surface area contributed by atoms with Crippen LogP contribution >= 0.6 is 0 Å². The van der Waals surface area contributed by atoms with Gasteiger partial charge in [-0.05, 0) is 36.3 Å². The summed E-state index contributed by atoms with van der Waals surface area (Å²) in [5.41, 5.74) is 1.30. The minimum Gasteiger partial charge on any atom is -0.508 e. The van der Waals surface area contributed by atoms with Crippen molar-refractivity contribution in [3.8, 4) is 17.1 Å². The van der Waals surface area contributed by atoms with Crippen LogP contribution in [0.15, 0.2) is 54.6 Å². The molecule has 3 rings (SSSR count). The summed E-state index contributed by atoms with van der Waals surface area (Å²) < 4.78 is 0. The van der Waals surface area contributed by atoms with Crippen molar-refractivity contribution in [3.63, 3.8) is 0 Å². The minimum absolute atomic E-state index is 0.0484. The maximum atomic E-state index is 11.9. The van der Waals surface area contributed by atoms with Gasteiger partial charge in [-0.2, -0.15) is 4.80 Å². The first-order valence-electron chi connectivity index (χ1n) is 9.79. The molecule has 9 heteroatoms. The van der Waals surface area contributed by atoms with Gasteiger partial charge in [0.25, 0.3) is 5.91 Å². The molecule has 0 atom stereocenters. The van der Waals surface area contributed by atoms with Crippen molar-refractivity contribution in [2.24, 2.45) is 0 Å². The lowest BCUT2D eigenvalue weighted by molar-refractivity contribution is -0.121. The van der Waals surface area contributed by atoms with E-state index in [0.717, 1.165) is 5.56 Å². The number of aryl methyl sites for hydroxylation is 1. The molecule has 0 spiro atoms. The Kier molecular flexibility index (Phi) is 7.48. The summed E-state index contributed by atoms with van der Waals surface area (Å²) in [7, 11) is 0. The molecule has 1 aromatic heterocycles. The van der Waals surface area contributed by atoms with E-state index in [4.69, 9.17) is 0 Å². The number of nitrogens with one attached hydrogen (secondary N) is 2. The van der Waals surface area contributed by atoms with Crippen LogP contribution in [0.4, 0.5) is 0 Å². The Morgan fingerprint density at radius 3 is 2.57 bits per heavy atom. The summed E-state index contributed by atoms with van der Waals surface area (Å²) in [6.07, 6.45) is 1.57. The second-order valence-corrected chi connectivity index (χ2v) is 6.69. The van der Waals surface area contributed by atoms with Crippen LogP contribution in [0.1, 0.15) is 29.6 Å². The zero-order chi connectivity index (χ0) is 21.2. The lowest BCUT2D eigenvalue weighted by Crippen LogP contribution is -2.29. The zero-order valence-corrected chi connectivity index (χ0v) is 16.5. The molecular formula is C21H24N6O3. The highest BCUT2D eigenvalue weighted by Gasteiger charge is 2.07. The molecule has 1 heterocycles. The fourth-order valence-electron chi connectivity index (χ4n) is 2.78. The Balaban J connectivity index is 1.27. The summed E-state index contributed by atoms with van der Waals surface area (Å²) in [5.74, 6) is 0.297. The van der Waals surface area contributed by atoms with Gasteiger partial charge >= 0.3 is 0 Å². The van der Waals surface area contributed by atoms with Crippen LogP contribution in [0, 0.1) is 0 Å². The molecule has 0 aliphatic heterocycles. The third-order valence-corrected chi connectivity index (χ3v) is 4.32. The fourth-order valence-corrected chi connectivity index (χ4v) is 2.78. The molecule has 0 unspecified atom stereocenters. The highest BCUT2D eigenvalue weighted by atomic mass is 16.3. The van der Waals surface area contributed by atoms with Gasteiger partial charge < -0.3 is 15.7 Å². The summed E-state index contributed by atoms with van der Waals surface area (Å²) in [4.78, 5) is 25.4. The molecular weight excluding hydrogens is 384 g/mol. The number of aromatic hydroxyl groups is 1. The molecule has 3 aromatic rings. The van der Waals surface area contributed by atoms with E-state index >= 15 is 0 Å². The van der Waals surface area contributed by atoms with Crippen molar-refractivity contribution in [2.75, 3.05) is 13.1 Å². The number of hydrogen-bond donors (Lipinski definition) is 3. The molecule has 3 N–H and O–H groups in total. The molecule has 2 aromatic carbocycles. The van der Waals surface area contributed by atoms with Crippen molar-refractivity contribution in [3.05, 3.63) is 60.2 Å². The van der Waals surface area contributed by atoms with Gasteiger partial charge in [0.05, 0.1) is 6.54 Å². The van der Waals surface area contributed by atoms with Gasteiger partial charge in [0.15, 0.2) is 0 Å². The van der Waals surface area contributed by atoms with Crippen molar-refractivity contribution in [1.82, 2.24) is 30.8 Å². The summed E-state index contributed by atoms with van der Waals surface area (Å²) in [5, 5.41) is 27.3. The quantitative estimate of drug-likeness (QED) is 0.440. The second-order valence-electron chi connectivity index (χ2n) is 6.69. The first-order valence-corrected chi connectivity index (χ1v) is 9.79. The molecule has 0 saturated heterocycles. The van der Waals surface area contributed by atoms with Crippen LogP contribution in [0.2, 0.25) is 0 Å². The number of nitrogens with zero attached hydrogens (tertiary/aromatic N) is 4. The van der Waals surface area contributed by atoms with Gasteiger partial charge in [-0.1, -0.05) is 36.4 Å². The number of rotatable bonds is 10. The molecule has 0 radical (unpaired) electrons. The SMILES string of the molecule is O=C(CCCn1nnc(-c2ccccc2)n1)NCCCNC(=O)c1cccc(O)c1. The highest BCUT2D eigenvalue weighted by Crippen LogP contribution is 2.12. The van der Waals surface area contributed by atoms with E-state index in [2.05, 4.69) is 26.0 Å². The lowest BCUT2D eigenvalue weighted by Gasteiger charge is -2.07. The molecule has 0 fully saturated rings. The average Bonchev–Trinajstić information content (AvgIpc) is 3.23. The first kappa shape index (κ1) is 21.0. The van der Waals surface area contributed by atoms with Gasteiger partial charge in [-0.25, -0.2) is 0 Å². The number of carbonyl (C=O) groups is 2. The number of phenols is 1. The van der Waals surface area contributed by atoms with Crippen molar-refractivity contribution >= 4 is 11.8 Å². The second kappa shape index (κ2) is 10.7. The number of benzene rings is 2. The average molecular weight is 408 g/mol. The maximum Gasteiger partial charge on any atom is 0.251 e. The Bertz CT molecular complexity index is 974. The van der Waals surface area contributed by atoms with E-state index in [1.54, 1.807) is 12.1 Å². The minimum atomic E-state index is -0.257. The van der Waals surface area contributed by atoms with Crippen LogP contribution in [0.5, 0.6) is 5.75 Å². The number of phenolic OH excluding ortho intramolecular Hbond substituents is 1. The van der Waals surface area contributed by atoms with Gasteiger partial charge in [-0.15, -0.1) is 10.2 Å². The van der Waals surface area contributed by atoms with E-state index in [1.165, 1.54) is 16.9 Å². The largest absolute Gasteiger partial charge is 0.508 e. The Labute approximate surface area is 174 Å². The summed E-state index contributed by atoms with van der Waals surface area (Å²) >= 11 is 0. The van der Waals surface area contributed by atoms with E-state index < -0.39 is 0 Å². The monoisotopic (exact) mass is 408 g/mol. The number of carbonyl (C=O) groups excluding carboxylic acids is 2. The lowest BCUT2D eigenvalue weighted by atomic mass is 10.2. The molecule has 0 aliphatic carbocycles. The molecule has 2 amide bonds. The van der Waals surface area contributed by atoms with Gasteiger partial charge in [0, 0.05) is 30.6 Å². The van der Waals surface area contributed by atoms with Crippen molar-refractivity contribution in [2.45, 2.75) is 25.8 Å². The number of aromatic nitrogens is 4. The Hall–Kier alpha value is -3.75. The number of amides is 2. The molecule has 0 saturated carbocycles. The molecule has 30 heavy (non-hydrogen) atoms. The van der Waals surface area contributed by atoms with Crippen LogP contribution in [0.25, 0.3) is 11.4 Å². The number of tetrazole rings is 1. The molecule has 0 bridgehead atoms. The first-order chi connectivity index (χ1) is 14.6. The van der Waals surface area contributed by atoms with Gasteiger partial charge in [0.1, 0.15) is 5.75 Å². The van der Waals surface area contributed by atoms with Crippen molar-refractivity contribution < 1.29 is 14.7 Å². The van der Waals surface area contributed by atoms with E-state index in [9.17, 15) is 14.7 Å². The highest BCUT2D eigenvalue weighted by molar-refractivity contribution is 5.94. The maximum absolute atomic E-state index is 11.9. The zero-order valence-electron chi connectivity index (χ0n) is 16.5. The van der Waals surface area contributed by atoms with E-state index in [1.807, 2.05) is 30.3 Å². The van der Waals surface area contributed by atoms with Crippen LogP contribution < -0.4 is 10.6 Å². The van der Waals surface area contributed by atoms with Crippen LogP contribution in [-0.2, 0) is 11.3 Å². The molecule has 0 aliphatic rings. The summed E-state index contributed by atoms with van der Waals surface area (Å²) in [6.45, 7) is 1.41. The van der Waals surface area contributed by atoms with Gasteiger partial charge in [0.2, 0.25) is 11.7 Å². The molecule has 156 valence electrons. The Morgan fingerprint density at radius 2 is 1.77 bits per heavy atom. The smallest absolute Gasteiger partial charge is 0.251 e. The predicted octanol–water partition coefficient (Wildman–Crippen LogP) is 1.76. The normalized spacial score (nSPS) is 10.5. The van der Waals surface area contributed by atoms with Crippen molar-refractivity contribution in [1.29, 1.82) is 0 Å². The van der Waals surface area contributed by atoms with E-state index in [-0.39, 0.29) is 17.6 Å². The third kappa shape index (κ3) is 6.40. The fraction of sp³-hybridized carbons (Fsp3) is 0.286. The Morgan fingerprint density at radius 1 is 0.967 bits per heavy atom. The van der Waals surface area contributed by atoms with Gasteiger partial charge in [-0.3, -0.25) is 9.59 Å². The standard InChI is InChI=1S/C21H24N6O3/c28-18-10-4-9-17(15-18)21(30)23-13-6-12-22-19(29)11-5-14-27-25-20(24-26-27)16-7-2-1-3-8-16/h1-4,7-10,15,28H,5-6,11-14H2,(H,22,29)(H,23,30).